The number of halogens is 1. The van der Waals surface area contributed by atoms with Gasteiger partial charge in [0.05, 0.1) is 18.9 Å². The summed E-state index contributed by atoms with van der Waals surface area (Å²) in [6.45, 7) is 1.12. The first-order valence-corrected chi connectivity index (χ1v) is 6.21. The predicted octanol–water partition coefficient (Wildman–Crippen LogP) is 2.87. The Labute approximate surface area is 109 Å². The van der Waals surface area contributed by atoms with Gasteiger partial charge in [0.2, 0.25) is 0 Å². The first-order chi connectivity index (χ1) is 8.25. The van der Waals surface area contributed by atoms with Crippen LogP contribution in [0.25, 0.3) is 0 Å². The van der Waals surface area contributed by atoms with Crippen LogP contribution in [0.4, 0.5) is 0 Å². The molecular formula is C13H14BrNO2. The van der Waals surface area contributed by atoms with Crippen LogP contribution in [0.5, 0.6) is 0 Å². The molecule has 4 heteroatoms. The molecule has 3 nitrogen and oxygen atoms in total. The number of hydrogen-bond donors (Lipinski definition) is 2. The van der Waals surface area contributed by atoms with E-state index in [0.29, 0.717) is 13.1 Å². The number of hydrogen-bond acceptors (Lipinski definition) is 3. The van der Waals surface area contributed by atoms with Gasteiger partial charge in [-0.15, -0.1) is 0 Å². The fourth-order valence-electron chi connectivity index (χ4n) is 1.58. The maximum Gasteiger partial charge on any atom is 0.117 e. The molecule has 0 amide bonds. The predicted molar refractivity (Wildman–Crippen MR) is 69.5 cm³/mol. The van der Waals surface area contributed by atoms with Crippen LogP contribution in [0.1, 0.15) is 17.4 Å². The SMILES string of the molecule is OC(CNCc1ccco1)c1cccc(Br)c1. The molecule has 0 radical (unpaired) electrons. The molecule has 0 spiro atoms. The fraction of sp³-hybridized carbons (Fsp3) is 0.231. The van der Waals surface area contributed by atoms with Gasteiger partial charge in [-0.1, -0.05) is 28.1 Å². The Morgan fingerprint density at radius 2 is 2.18 bits per heavy atom. The Balaban J connectivity index is 1.83. The Morgan fingerprint density at radius 3 is 2.88 bits per heavy atom. The lowest BCUT2D eigenvalue weighted by Gasteiger charge is -2.11. The maximum absolute atomic E-state index is 9.96. The number of furan rings is 1. The third-order valence-corrected chi connectivity index (χ3v) is 2.94. The molecule has 1 aromatic heterocycles. The fourth-order valence-corrected chi connectivity index (χ4v) is 1.99. The molecule has 1 atom stereocenters. The second-order valence-corrected chi connectivity index (χ2v) is 4.70. The van der Waals surface area contributed by atoms with E-state index in [0.717, 1.165) is 15.8 Å². The van der Waals surface area contributed by atoms with Crippen molar-refractivity contribution in [2.45, 2.75) is 12.6 Å². The van der Waals surface area contributed by atoms with Crippen molar-refractivity contribution in [1.82, 2.24) is 5.32 Å². The van der Waals surface area contributed by atoms with E-state index in [1.54, 1.807) is 6.26 Å². The van der Waals surface area contributed by atoms with Gasteiger partial charge in [-0.2, -0.15) is 0 Å². The third-order valence-electron chi connectivity index (χ3n) is 2.45. The van der Waals surface area contributed by atoms with Crippen LogP contribution in [-0.2, 0) is 6.54 Å². The zero-order chi connectivity index (χ0) is 12.1. The number of nitrogens with one attached hydrogen (secondary N) is 1. The minimum absolute atomic E-state index is 0.497. The van der Waals surface area contributed by atoms with Crippen molar-refractivity contribution in [1.29, 1.82) is 0 Å². The molecule has 0 saturated heterocycles. The lowest BCUT2D eigenvalue weighted by molar-refractivity contribution is 0.173. The van der Waals surface area contributed by atoms with Gasteiger partial charge < -0.3 is 14.8 Å². The van der Waals surface area contributed by atoms with E-state index in [-0.39, 0.29) is 0 Å². The second-order valence-electron chi connectivity index (χ2n) is 3.78. The minimum Gasteiger partial charge on any atom is -0.468 e. The summed E-state index contributed by atoms with van der Waals surface area (Å²) in [7, 11) is 0. The molecule has 2 aromatic rings. The van der Waals surface area contributed by atoms with E-state index >= 15 is 0 Å². The first-order valence-electron chi connectivity index (χ1n) is 5.42. The van der Waals surface area contributed by atoms with Crippen molar-refractivity contribution in [3.63, 3.8) is 0 Å². The summed E-state index contributed by atoms with van der Waals surface area (Å²) in [6, 6.07) is 11.4. The number of rotatable bonds is 5. The van der Waals surface area contributed by atoms with Gasteiger partial charge in [0.25, 0.3) is 0 Å². The van der Waals surface area contributed by atoms with E-state index < -0.39 is 6.10 Å². The van der Waals surface area contributed by atoms with Crippen LogP contribution >= 0.6 is 15.9 Å². The Bertz CT molecular complexity index is 456. The highest BCUT2D eigenvalue weighted by Gasteiger charge is 2.07. The molecule has 1 unspecified atom stereocenters. The summed E-state index contributed by atoms with van der Waals surface area (Å²) < 4.78 is 6.16. The van der Waals surface area contributed by atoms with Crippen molar-refractivity contribution in [2.24, 2.45) is 0 Å². The topological polar surface area (TPSA) is 45.4 Å². The van der Waals surface area contributed by atoms with Crippen molar-refractivity contribution < 1.29 is 9.52 Å². The standard InChI is InChI=1S/C13H14BrNO2/c14-11-4-1-3-10(7-11)13(16)9-15-8-12-5-2-6-17-12/h1-7,13,15-16H,8-9H2. The van der Waals surface area contributed by atoms with Crippen molar-refractivity contribution in [3.8, 4) is 0 Å². The van der Waals surface area contributed by atoms with Crippen LogP contribution in [0, 0.1) is 0 Å². The summed E-state index contributed by atoms with van der Waals surface area (Å²) >= 11 is 3.38. The van der Waals surface area contributed by atoms with E-state index in [1.807, 2.05) is 36.4 Å². The van der Waals surface area contributed by atoms with Crippen molar-refractivity contribution >= 4 is 15.9 Å². The van der Waals surface area contributed by atoms with Crippen LogP contribution in [0.3, 0.4) is 0 Å². The second kappa shape index (κ2) is 6.00. The van der Waals surface area contributed by atoms with Gasteiger partial charge in [-0.3, -0.25) is 0 Å². The smallest absolute Gasteiger partial charge is 0.117 e. The Kier molecular flexibility index (Phi) is 4.36. The van der Waals surface area contributed by atoms with Gasteiger partial charge in [0.15, 0.2) is 0 Å². The molecule has 1 heterocycles. The highest BCUT2D eigenvalue weighted by atomic mass is 79.9. The van der Waals surface area contributed by atoms with Gasteiger partial charge in [0, 0.05) is 11.0 Å². The number of aliphatic hydroxyl groups excluding tert-OH is 1. The quantitative estimate of drug-likeness (QED) is 0.892. The van der Waals surface area contributed by atoms with E-state index in [9.17, 15) is 5.11 Å². The van der Waals surface area contributed by atoms with Crippen LogP contribution in [0.2, 0.25) is 0 Å². The molecule has 2 N–H and O–H groups in total. The van der Waals surface area contributed by atoms with Crippen LogP contribution < -0.4 is 5.32 Å². The van der Waals surface area contributed by atoms with E-state index in [1.165, 1.54) is 0 Å². The van der Waals surface area contributed by atoms with Crippen LogP contribution in [-0.4, -0.2) is 11.7 Å². The average Bonchev–Trinajstić information content (AvgIpc) is 2.82. The molecule has 90 valence electrons. The third kappa shape index (κ3) is 3.70. The minimum atomic E-state index is -0.512. The Morgan fingerprint density at radius 1 is 1.29 bits per heavy atom. The van der Waals surface area contributed by atoms with Gasteiger partial charge in [-0.25, -0.2) is 0 Å². The normalized spacial score (nSPS) is 12.6. The van der Waals surface area contributed by atoms with Crippen molar-refractivity contribution in [3.05, 3.63) is 58.5 Å². The highest BCUT2D eigenvalue weighted by molar-refractivity contribution is 9.10. The van der Waals surface area contributed by atoms with E-state index in [2.05, 4.69) is 21.2 Å². The molecule has 0 aliphatic heterocycles. The van der Waals surface area contributed by atoms with Gasteiger partial charge >= 0.3 is 0 Å². The van der Waals surface area contributed by atoms with Gasteiger partial charge in [-0.05, 0) is 29.8 Å². The first kappa shape index (κ1) is 12.4. The number of aliphatic hydroxyl groups is 1. The molecule has 0 fully saturated rings. The monoisotopic (exact) mass is 295 g/mol. The summed E-state index contributed by atoms with van der Waals surface area (Å²) in [5.41, 5.74) is 0.895. The average molecular weight is 296 g/mol. The highest BCUT2D eigenvalue weighted by Crippen LogP contribution is 2.17. The zero-order valence-electron chi connectivity index (χ0n) is 9.27. The molecule has 0 bridgehead atoms. The van der Waals surface area contributed by atoms with Crippen LogP contribution in [0.15, 0.2) is 51.6 Å². The molecular weight excluding hydrogens is 282 g/mol. The van der Waals surface area contributed by atoms with Crippen molar-refractivity contribution in [2.75, 3.05) is 6.54 Å². The maximum atomic E-state index is 9.96. The molecule has 1 aromatic carbocycles. The molecule has 0 aliphatic rings. The molecule has 0 saturated carbocycles. The summed E-state index contributed by atoms with van der Waals surface area (Å²) in [4.78, 5) is 0. The van der Waals surface area contributed by atoms with E-state index in [4.69, 9.17) is 4.42 Å². The summed E-state index contributed by atoms with van der Waals surface area (Å²) in [6.07, 6.45) is 1.13. The molecule has 0 aliphatic carbocycles. The lowest BCUT2D eigenvalue weighted by atomic mass is 10.1. The summed E-state index contributed by atoms with van der Waals surface area (Å²) in [5.74, 6) is 0.867. The summed E-state index contributed by atoms with van der Waals surface area (Å²) in [5, 5.41) is 13.1. The molecule has 2 rings (SSSR count). The number of benzene rings is 1. The van der Waals surface area contributed by atoms with Gasteiger partial charge in [0.1, 0.15) is 5.76 Å². The lowest BCUT2D eigenvalue weighted by Crippen LogP contribution is -2.20. The zero-order valence-corrected chi connectivity index (χ0v) is 10.9. The Hall–Kier alpha value is -1.10. The molecule has 17 heavy (non-hydrogen) atoms. The largest absolute Gasteiger partial charge is 0.468 e.